The first-order valence-corrected chi connectivity index (χ1v) is 5.89. The Morgan fingerprint density at radius 2 is 2.05 bits per heavy atom. The average Bonchev–Trinajstić information content (AvgIpc) is 2.44. The van der Waals surface area contributed by atoms with Crippen molar-refractivity contribution < 1.29 is 18.3 Å². The molecule has 2 N–H and O–H groups in total. The van der Waals surface area contributed by atoms with E-state index in [1.54, 1.807) is 24.4 Å². The summed E-state index contributed by atoms with van der Waals surface area (Å²) in [4.78, 5) is 15.7. The molecule has 0 spiro atoms. The van der Waals surface area contributed by atoms with Gasteiger partial charge in [-0.2, -0.15) is 0 Å². The summed E-state index contributed by atoms with van der Waals surface area (Å²) < 4.78 is 31.5. The standard InChI is InChI=1S/C14H12F2N2O2/c15-11-8-13(17)12(16)7-10(11)14(19)20-6-4-9-3-1-2-5-18-9/h1-3,5,7-8H,4,6,17H2. The molecule has 0 radical (unpaired) electrons. The van der Waals surface area contributed by atoms with Gasteiger partial charge in [-0.05, 0) is 18.2 Å². The largest absolute Gasteiger partial charge is 0.462 e. The minimum absolute atomic E-state index is 0.0290. The molecule has 0 unspecified atom stereocenters. The highest BCUT2D eigenvalue weighted by molar-refractivity contribution is 5.90. The van der Waals surface area contributed by atoms with Crippen LogP contribution < -0.4 is 5.73 Å². The van der Waals surface area contributed by atoms with E-state index in [1.165, 1.54) is 0 Å². The number of hydrogen-bond donors (Lipinski definition) is 1. The van der Waals surface area contributed by atoms with E-state index < -0.39 is 23.2 Å². The first-order valence-electron chi connectivity index (χ1n) is 5.89. The van der Waals surface area contributed by atoms with Crippen LogP contribution in [-0.2, 0) is 11.2 Å². The second-order valence-corrected chi connectivity index (χ2v) is 4.06. The van der Waals surface area contributed by atoms with Crippen molar-refractivity contribution in [3.05, 3.63) is 59.4 Å². The summed E-state index contributed by atoms with van der Waals surface area (Å²) in [5.74, 6) is -2.70. The van der Waals surface area contributed by atoms with Gasteiger partial charge < -0.3 is 10.5 Å². The van der Waals surface area contributed by atoms with Crippen LogP contribution in [0.2, 0.25) is 0 Å². The fourth-order valence-corrected chi connectivity index (χ4v) is 1.59. The van der Waals surface area contributed by atoms with Gasteiger partial charge in [-0.25, -0.2) is 13.6 Å². The number of nitrogens with two attached hydrogens (primary N) is 1. The minimum atomic E-state index is -0.933. The molecule has 0 saturated heterocycles. The number of benzene rings is 1. The molecule has 0 aliphatic rings. The second-order valence-electron chi connectivity index (χ2n) is 4.06. The Balaban J connectivity index is 1.97. The van der Waals surface area contributed by atoms with Crippen LogP contribution in [0.25, 0.3) is 0 Å². The zero-order valence-corrected chi connectivity index (χ0v) is 10.5. The maximum absolute atomic E-state index is 13.5. The zero-order chi connectivity index (χ0) is 14.5. The van der Waals surface area contributed by atoms with E-state index in [9.17, 15) is 13.6 Å². The van der Waals surface area contributed by atoms with Gasteiger partial charge in [0, 0.05) is 24.4 Å². The maximum Gasteiger partial charge on any atom is 0.341 e. The average molecular weight is 278 g/mol. The Morgan fingerprint density at radius 3 is 2.75 bits per heavy atom. The molecule has 2 rings (SSSR count). The summed E-state index contributed by atoms with van der Waals surface area (Å²) in [6.45, 7) is 0.0290. The number of carbonyl (C=O) groups is 1. The fraction of sp³-hybridized carbons (Fsp3) is 0.143. The van der Waals surface area contributed by atoms with E-state index in [0.29, 0.717) is 6.42 Å². The van der Waals surface area contributed by atoms with E-state index in [2.05, 4.69) is 4.98 Å². The molecule has 2 aromatic rings. The lowest BCUT2D eigenvalue weighted by molar-refractivity contribution is 0.0502. The normalized spacial score (nSPS) is 10.3. The molecule has 4 nitrogen and oxygen atoms in total. The Labute approximate surface area is 114 Å². The molecule has 0 aliphatic heterocycles. The van der Waals surface area contributed by atoms with Crippen molar-refractivity contribution >= 4 is 11.7 Å². The molecule has 0 amide bonds. The number of nitrogens with zero attached hydrogens (tertiary/aromatic N) is 1. The fourth-order valence-electron chi connectivity index (χ4n) is 1.59. The van der Waals surface area contributed by atoms with Crippen molar-refractivity contribution in [3.63, 3.8) is 0 Å². The van der Waals surface area contributed by atoms with Gasteiger partial charge in [0.2, 0.25) is 0 Å². The van der Waals surface area contributed by atoms with Gasteiger partial charge >= 0.3 is 5.97 Å². The van der Waals surface area contributed by atoms with Gasteiger partial charge in [0.05, 0.1) is 17.9 Å². The quantitative estimate of drug-likeness (QED) is 0.688. The number of pyridine rings is 1. The van der Waals surface area contributed by atoms with Gasteiger partial charge in [-0.1, -0.05) is 6.07 Å². The van der Waals surface area contributed by atoms with Gasteiger partial charge in [-0.3, -0.25) is 4.98 Å². The van der Waals surface area contributed by atoms with Crippen LogP contribution in [0.3, 0.4) is 0 Å². The molecule has 0 atom stereocenters. The van der Waals surface area contributed by atoms with Crippen LogP contribution in [0.4, 0.5) is 14.5 Å². The highest BCUT2D eigenvalue weighted by atomic mass is 19.1. The number of anilines is 1. The van der Waals surface area contributed by atoms with E-state index in [0.717, 1.165) is 17.8 Å². The van der Waals surface area contributed by atoms with Crippen LogP contribution in [0.5, 0.6) is 0 Å². The van der Waals surface area contributed by atoms with E-state index in [-0.39, 0.29) is 12.3 Å². The van der Waals surface area contributed by atoms with Gasteiger partial charge in [0.15, 0.2) is 0 Å². The molecule has 104 valence electrons. The lowest BCUT2D eigenvalue weighted by Gasteiger charge is -2.06. The van der Waals surface area contributed by atoms with Gasteiger partial charge in [-0.15, -0.1) is 0 Å². The minimum Gasteiger partial charge on any atom is -0.462 e. The monoisotopic (exact) mass is 278 g/mol. The Morgan fingerprint density at radius 1 is 1.25 bits per heavy atom. The summed E-state index contributed by atoms with van der Waals surface area (Å²) in [7, 11) is 0. The molecule has 0 saturated carbocycles. The second kappa shape index (κ2) is 6.10. The number of carbonyl (C=O) groups excluding carboxylic acids is 1. The summed E-state index contributed by atoms with van der Waals surface area (Å²) >= 11 is 0. The lowest BCUT2D eigenvalue weighted by atomic mass is 10.2. The third-order valence-electron chi connectivity index (χ3n) is 2.62. The SMILES string of the molecule is Nc1cc(F)c(C(=O)OCCc2ccccn2)cc1F. The molecule has 1 aromatic carbocycles. The highest BCUT2D eigenvalue weighted by Crippen LogP contribution is 2.17. The van der Waals surface area contributed by atoms with Crippen LogP contribution in [0, 0.1) is 11.6 Å². The van der Waals surface area contributed by atoms with E-state index >= 15 is 0 Å². The number of aromatic nitrogens is 1. The topological polar surface area (TPSA) is 65.2 Å². The van der Waals surface area contributed by atoms with Crippen molar-refractivity contribution in [1.82, 2.24) is 4.98 Å². The third kappa shape index (κ3) is 3.28. The highest BCUT2D eigenvalue weighted by Gasteiger charge is 2.16. The van der Waals surface area contributed by atoms with E-state index in [1.807, 2.05) is 0 Å². The predicted molar refractivity (Wildman–Crippen MR) is 69.0 cm³/mol. The number of hydrogen-bond acceptors (Lipinski definition) is 4. The van der Waals surface area contributed by atoms with Crippen LogP contribution in [0.1, 0.15) is 16.1 Å². The molecule has 6 heteroatoms. The summed E-state index contributed by atoms with van der Waals surface area (Å²) in [5.41, 5.74) is 5.10. The number of rotatable bonds is 4. The first kappa shape index (κ1) is 13.9. The zero-order valence-electron chi connectivity index (χ0n) is 10.5. The first-order chi connectivity index (χ1) is 9.58. The number of nitrogen functional groups attached to an aromatic ring is 1. The number of halogens is 2. The Bertz CT molecular complexity index is 618. The molecule has 20 heavy (non-hydrogen) atoms. The summed E-state index contributed by atoms with van der Waals surface area (Å²) in [6.07, 6.45) is 2.01. The summed E-state index contributed by atoms with van der Waals surface area (Å²) in [5, 5.41) is 0. The van der Waals surface area contributed by atoms with Gasteiger partial charge in [0.1, 0.15) is 11.6 Å². The molecule has 1 aromatic heterocycles. The number of ether oxygens (including phenoxy) is 1. The molecule has 0 bridgehead atoms. The lowest BCUT2D eigenvalue weighted by Crippen LogP contribution is -2.11. The smallest absolute Gasteiger partial charge is 0.341 e. The molecular formula is C14H12F2N2O2. The van der Waals surface area contributed by atoms with Crippen molar-refractivity contribution in [2.75, 3.05) is 12.3 Å². The predicted octanol–water partition coefficient (Wildman–Crippen LogP) is 2.34. The van der Waals surface area contributed by atoms with Gasteiger partial charge in [0.25, 0.3) is 0 Å². The Kier molecular flexibility index (Phi) is 4.24. The number of esters is 1. The van der Waals surface area contributed by atoms with Crippen LogP contribution in [0.15, 0.2) is 36.5 Å². The molecule has 1 heterocycles. The van der Waals surface area contributed by atoms with Crippen LogP contribution >= 0.6 is 0 Å². The molecular weight excluding hydrogens is 266 g/mol. The van der Waals surface area contributed by atoms with E-state index in [4.69, 9.17) is 10.5 Å². The Hall–Kier alpha value is -2.50. The van der Waals surface area contributed by atoms with Crippen molar-refractivity contribution in [2.45, 2.75) is 6.42 Å². The van der Waals surface area contributed by atoms with Crippen molar-refractivity contribution in [3.8, 4) is 0 Å². The van der Waals surface area contributed by atoms with Crippen molar-refractivity contribution in [2.24, 2.45) is 0 Å². The van der Waals surface area contributed by atoms with Crippen LogP contribution in [-0.4, -0.2) is 17.6 Å². The van der Waals surface area contributed by atoms with Crippen molar-refractivity contribution in [1.29, 1.82) is 0 Å². The molecule has 0 fully saturated rings. The third-order valence-corrected chi connectivity index (χ3v) is 2.62. The summed E-state index contributed by atoms with van der Waals surface area (Å²) in [6, 6.07) is 6.83. The molecule has 0 aliphatic carbocycles. The maximum atomic E-state index is 13.5.